The monoisotopic (exact) mass is 486 g/mol. The molecule has 4 rings (SSSR count). The number of nitrogens with one attached hydrogen (secondary N) is 1. The fourth-order valence-electron chi connectivity index (χ4n) is 3.26. The molecule has 0 aliphatic rings. The first-order valence-corrected chi connectivity index (χ1v) is 9.85. The molecule has 0 aliphatic carbocycles. The maximum Gasteiger partial charge on any atom is 0.479 e. The fourth-order valence-corrected chi connectivity index (χ4v) is 3.55. The fraction of sp³-hybridized carbons (Fsp3) is 0.143. The van der Waals surface area contributed by atoms with Crippen LogP contribution in [0.5, 0.6) is 5.75 Å². The van der Waals surface area contributed by atoms with E-state index in [1.165, 1.54) is 36.4 Å². The Balaban J connectivity index is 1.88. The van der Waals surface area contributed by atoms with Gasteiger partial charge >= 0.3 is 17.7 Å². The molecule has 0 spiro atoms. The summed E-state index contributed by atoms with van der Waals surface area (Å²) in [7, 11) is 1.14. The number of hydrogen-bond donors (Lipinski definition) is 1. The molecule has 0 amide bonds. The standard InChI is InChI=1S/C21H12F6N2O3S/c1-31-19(30)14-9-15(10-3-2-4-11(7-10)20(22,23)24)28-17-13-6-5-12(32-33-21(25,26)27)8-16(13)29-18(14)17/h2-9,29H,1H3. The van der Waals surface area contributed by atoms with Gasteiger partial charge in [0.1, 0.15) is 5.75 Å². The molecule has 172 valence electrons. The molecule has 2 aromatic carbocycles. The number of aromatic nitrogens is 2. The number of carbonyl (C=O) groups excluding carboxylic acids is 1. The third-order valence-electron chi connectivity index (χ3n) is 4.65. The van der Waals surface area contributed by atoms with Crippen molar-refractivity contribution in [3.63, 3.8) is 0 Å². The Bertz CT molecular complexity index is 1360. The number of hydrogen-bond acceptors (Lipinski definition) is 5. The summed E-state index contributed by atoms with van der Waals surface area (Å²) in [6, 6.07) is 9.75. The van der Waals surface area contributed by atoms with Crippen molar-refractivity contribution in [1.29, 1.82) is 0 Å². The van der Waals surface area contributed by atoms with Crippen LogP contribution in [0.3, 0.4) is 0 Å². The molecule has 12 heteroatoms. The highest BCUT2D eigenvalue weighted by Crippen LogP contribution is 2.37. The molecule has 1 N–H and O–H groups in total. The van der Waals surface area contributed by atoms with E-state index < -0.39 is 35.3 Å². The van der Waals surface area contributed by atoms with Gasteiger partial charge in [-0.15, -0.1) is 0 Å². The minimum atomic E-state index is -4.60. The summed E-state index contributed by atoms with van der Waals surface area (Å²) in [6.07, 6.45) is -4.57. The average Bonchev–Trinajstić information content (AvgIpc) is 3.13. The van der Waals surface area contributed by atoms with Crippen LogP contribution in [-0.4, -0.2) is 28.6 Å². The molecule has 0 atom stereocenters. The number of H-pyrrole nitrogens is 1. The molecule has 0 fully saturated rings. The number of pyridine rings is 1. The van der Waals surface area contributed by atoms with Crippen LogP contribution in [0.1, 0.15) is 15.9 Å². The van der Waals surface area contributed by atoms with E-state index in [9.17, 15) is 31.1 Å². The number of alkyl halides is 6. The van der Waals surface area contributed by atoms with Crippen molar-refractivity contribution in [2.75, 3.05) is 7.11 Å². The highest BCUT2D eigenvalue weighted by molar-refractivity contribution is 7.95. The maximum atomic E-state index is 13.1. The van der Waals surface area contributed by atoms with Crippen molar-refractivity contribution in [1.82, 2.24) is 9.97 Å². The summed E-state index contributed by atoms with van der Waals surface area (Å²) in [6.45, 7) is 0. The second kappa shape index (κ2) is 8.18. The highest BCUT2D eigenvalue weighted by Gasteiger charge is 2.32. The molecule has 0 saturated heterocycles. The van der Waals surface area contributed by atoms with Gasteiger partial charge in [-0.2, -0.15) is 26.3 Å². The van der Waals surface area contributed by atoms with Crippen LogP contribution in [0.2, 0.25) is 0 Å². The highest BCUT2D eigenvalue weighted by atomic mass is 32.2. The number of benzene rings is 2. The van der Waals surface area contributed by atoms with Crippen LogP contribution in [0.15, 0.2) is 48.5 Å². The van der Waals surface area contributed by atoms with Gasteiger partial charge in [-0.25, -0.2) is 9.78 Å². The first-order valence-electron chi connectivity index (χ1n) is 9.11. The molecule has 0 unspecified atom stereocenters. The summed E-state index contributed by atoms with van der Waals surface area (Å²) in [5.74, 6) is -0.875. The maximum absolute atomic E-state index is 13.1. The number of esters is 1. The van der Waals surface area contributed by atoms with E-state index in [-0.39, 0.29) is 33.6 Å². The molecule has 2 heterocycles. The first-order chi connectivity index (χ1) is 15.5. The minimum absolute atomic E-state index is 0.00162. The van der Waals surface area contributed by atoms with E-state index in [1.54, 1.807) is 0 Å². The number of carbonyl (C=O) groups is 1. The number of nitrogens with zero attached hydrogens (tertiary/aromatic N) is 1. The molecule has 5 nitrogen and oxygen atoms in total. The Morgan fingerprint density at radius 1 is 1.03 bits per heavy atom. The number of aromatic amines is 1. The molecule has 0 aliphatic heterocycles. The zero-order chi connectivity index (χ0) is 24.0. The third-order valence-corrected chi connectivity index (χ3v) is 5.11. The summed E-state index contributed by atoms with van der Waals surface area (Å²) in [5.41, 5.74) is -4.53. The average molecular weight is 486 g/mol. The van der Waals surface area contributed by atoms with Crippen molar-refractivity contribution in [3.8, 4) is 17.0 Å². The van der Waals surface area contributed by atoms with Gasteiger partial charge < -0.3 is 13.9 Å². The van der Waals surface area contributed by atoms with E-state index in [0.29, 0.717) is 10.9 Å². The number of halogens is 6. The lowest BCUT2D eigenvalue weighted by molar-refractivity contribution is -0.137. The van der Waals surface area contributed by atoms with Crippen molar-refractivity contribution in [2.24, 2.45) is 0 Å². The number of rotatable bonds is 4. The predicted molar refractivity (Wildman–Crippen MR) is 110 cm³/mol. The molecular weight excluding hydrogens is 474 g/mol. The van der Waals surface area contributed by atoms with Crippen LogP contribution < -0.4 is 4.18 Å². The van der Waals surface area contributed by atoms with Gasteiger partial charge in [0.2, 0.25) is 0 Å². The molecule has 0 radical (unpaired) electrons. The van der Waals surface area contributed by atoms with Gasteiger partial charge in [0.05, 0.1) is 40.5 Å². The number of methoxy groups -OCH3 is 1. The molecular formula is C21H12F6N2O3S. The molecule has 2 aromatic heterocycles. The van der Waals surface area contributed by atoms with E-state index in [0.717, 1.165) is 19.2 Å². The van der Waals surface area contributed by atoms with Crippen molar-refractivity contribution in [2.45, 2.75) is 11.7 Å². The van der Waals surface area contributed by atoms with Gasteiger partial charge in [0.25, 0.3) is 0 Å². The SMILES string of the molecule is COC(=O)c1cc(-c2cccc(C(F)(F)F)c2)nc2c1[nH]c1cc(OSC(F)(F)F)ccc12. The first kappa shape index (κ1) is 22.8. The van der Waals surface area contributed by atoms with Crippen LogP contribution in [0, 0.1) is 0 Å². The van der Waals surface area contributed by atoms with Gasteiger partial charge in [-0.3, -0.25) is 0 Å². The van der Waals surface area contributed by atoms with Crippen LogP contribution in [0.25, 0.3) is 33.2 Å². The Morgan fingerprint density at radius 3 is 2.45 bits per heavy atom. The van der Waals surface area contributed by atoms with E-state index in [4.69, 9.17) is 4.74 Å². The lowest BCUT2D eigenvalue weighted by Crippen LogP contribution is -2.06. The quantitative estimate of drug-likeness (QED) is 0.197. The predicted octanol–water partition coefficient (Wildman–Crippen LogP) is 6.74. The van der Waals surface area contributed by atoms with Crippen LogP contribution >= 0.6 is 12.0 Å². The zero-order valence-electron chi connectivity index (χ0n) is 16.5. The molecule has 0 saturated carbocycles. The molecule has 0 bridgehead atoms. The smallest absolute Gasteiger partial charge is 0.465 e. The second-order valence-electron chi connectivity index (χ2n) is 6.79. The summed E-state index contributed by atoms with van der Waals surface area (Å²) in [4.78, 5) is 19.7. The molecule has 4 aromatic rings. The zero-order valence-corrected chi connectivity index (χ0v) is 17.3. The normalized spacial score (nSPS) is 12.3. The van der Waals surface area contributed by atoms with Gasteiger partial charge in [-0.1, -0.05) is 12.1 Å². The Hall–Kier alpha value is -3.41. The van der Waals surface area contributed by atoms with E-state index >= 15 is 0 Å². The largest absolute Gasteiger partial charge is 0.479 e. The van der Waals surface area contributed by atoms with Crippen molar-refractivity contribution in [3.05, 3.63) is 59.7 Å². The Kier molecular flexibility index (Phi) is 5.64. The van der Waals surface area contributed by atoms with Gasteiger partial charge in [0, 0.05) is 17.0 Å². The lowest BCUT2D eigenvalue weighted by Gasteiger charge is -2.10. The number of ether oxygens (including phenoxy) is 1. The van der Waals surface area contributed by atoms with Gasteiger partial charge in [-0.05, 0) is 30.3 Å². The Labute approximate surface area is 185 Å². The van der Waals surface area contributed by atoms with Crippen molar-refractivity contribution >= 4 is 39.9 Å². The van der Waals surface area contributed by atoms with Crippen molar-refractivity contribution < 1.29 is 40.1 Å². The van der Waals surface area contributed by atoms with Crippen LogP contribution in [-0.2, 0) is 10.9 Å². The summed E-state index contributed by atoms with van der Waals surface area (Å²) in [5, 5.41) is 0.424. The van der Waals surface area contributed by atoms with Gasteiger partial charge in [0.15, 0.2) is 12.0 Å². The van der Waals surface area contributed by atoms with E-state index in [1.807, 2.05) is 0 Å². The van der Waals surface area contributed by atoms with Crippen LogP contribution in [0.4, 0.5) is 26.3 Å². The molecule has 33 heavy (non-hydrogen) atoms. The van der Waals surface area contributed by atoms with E-state index in [2.05, 4.69) is 14.2 Å². The minimum Gasteiger partial charge on any atom is -0.465 e. The third kappa shape index (κ3) is 4.70. The topological polar surface area (TPSA) is 64.2 Å². The second-order valence-corrected chi connectivity index (χ2v) is 7.59. The Morgan fingerprint density at radius 2 is 1.79 bits per heavy atom. The summed E-state index contributed by atoms with van der Waals surface area (Å²) < 4.78 is 86.1. The lowest BCUT2D eigenvalue weighted by atomic mass is 10.0. The number of fused-ring (bicyclic) bond motifs is 3. The summed E-state index contributed by atoms with van der Waals surface area (Å²) >= 11 is -0.679.